The second kappa shape index (κ2) is 6.58. The fourth-order valence-electron chi connectivity index (χ4n) is 2.16. The highest BCUT2D eigenvalue weighted by Gasteiger charge is 2.33. The summed E-state index contributed by atoms with van der Waals surface area (Å²) in [5.74, 6) is -1.17. The van der Waals surface area contributed by atoms with Crippen molar-refractivity contribution in [1.29, 1.82) is 0 Å². The molecule has 0 aromatic rings. The summed E-state index contributed by atoms with van der Waals surface area (Å²) in [6.07, 6.45) is 0.960. The predicted molar refractivity (Wildman–Crippen MR) is 73.2 cm³/mol. The predicted octanol–water partition coefficient (Wildman–Crippen LogP) is 0.265. The van der Waals surface area contributed by atoms with Crippen molar-refractivity contribution < 1.29 is 19.5 Å². The van der Waals surface area contributed by atoms with Gasteiger partial charge in [-0.3, -0.25) is 9.59 Å². The minimum atomic E-state index is -1.11. The molecule has 0 aliphatic carbocycles. The zero-order valence-corrected chi connectivity index (χ0v) is 12.2. The maximum absolute atomic E-state index is 11.9. The average Bonchev–Trinajstić information content (AvgIpc) is 2.82. The molecule has 1 atom stereocenters. The first kappa shape index (κ1) is 16.3. The Kier molecular flexibility index (Phi) is 5.35. The van der Waals surface area contributed by atoms with Gasteiger partial charge in [0, 0.05) is 13.1 Å². The molecule has 0 saturated carbocycles. The Bertz CT molecular complexity index is 390. The Morgan fingerprint density at radius 2 is 1.85 bits per heavy atom. The molecule has 1 fully saturated rings. The molecule has 20 heavy (non-hydrogen) atoms. The van der Waals surface area contributed by atoms with Crippen LogP contribution >= 0.6 is 0 Å². The molecule has 3 N–H and O–H groups in total. The van der Waals surface area contributed by atoms with Crippen molar-refractivity contribution in [3.63, 3.8) is 0 Å². The Labute approximate surface area is 118 Å². The van der Waals surface area contributed by atoms with Gasteiger partial charge < -0.3 is 20.6 Å². The second-order valence-electron chi connectivity index (χ2n) is 6.13. The Balaban J connectivity index is 2.31. The highest BCUT2D eigenvalue weighted by atomic mass is 16.4. The van der Waals surface area contributed by atoms with Gasteiger partial charge in [-0.1, -0.05) is 20.8 Å². The van der Waals surface area contributed by atoms with Crippen LogP contribution < -0.4 is 10.6 Å². The van der Waals surface area contributed by atoms with E-state index in [0.29, 0.717) is 19.0 Å². The monoisotopic (exact) mass is 285 g/mol. The van der Waals surface area contributed by atoms with E-state index in [-0.39, 0.29) is 18.0 Å². The van der Waals surface area contributed by atoms with Gasteiger partial charge in [0.05, 0.1) is 6.54 Å². The number of amides is 3. The van der Waals surface area contributed by atoms with Crippen LogP contribution in [-0.2, 0) is 9.59 Å². The van der Waals surface area contributed by atoms with E-state index in [1.807, 2.05) is 0 Å². The van der Waals surface area contributed by atoms with E-state index in [1.54, 1.807) is 4.90 Å². The molecule has 0 aromatic heterocycles. The molecule has 0 aromatic carbocycles. The third-order valence-electron chi connectivity index (χ3n) is 3.54. The molecule has 1 unspecified atom stereocenters. The zero-order valence-electron chi connectivity index (χ0n) is 12.2. The van der Waals surface area contributed by atoms with Crippen molar-refractivity contribution in [2.45, 2.75) is 27.2 Å². The van der Waals surface area contributed by atoms with Gasteiger partial charge in [-0.05, 0) is 17.8 Å². The summed E-state index contributed by atoms with van der Waals surface area (Å²) in [7, 11) is 0. The number of carbonyl (C=O) groups is 3. The first-order valence-corrected chi connectivity index (χ1v) is 6.71. The molecular weight excluding hydrogens is 262 g/mol. The Hall–Kier alpha value is -1.79. The summed E-state index contributed by atoms with van der Waals surface area (Å²) in [5.41, 5.74) is 0.161. The van der Waals surface area contributed by atoms with E-state index < -0.39 is 18.4 Å². The number of carboxylic acid groups (broad SMARTS) is 1. The van der Waals surface area contributed by atoms with Gasteiger partial charge in [0.25, 0.3) is 0 Å². The third-order valence-corrected chi connectivity index (χ3v) is 3.54. The lowest BCUT2D eigenvalue weighted by molar-refractivity contribution is -0.137. The van der Waals surface area contributed by atoms with Gasteiger partial charge in [-0.25, -0.2) is 4.79 Å². The second-order valence-corrected chi connectivity index (χ2v) is 6.13. The van der Waals surface area contributed by atoms with Crippen LogP contribution in [-0.4, -0.2) is 54.1 Å². The standard InChI is InChI=1S/C13H23N3O4/c1-13(2,3)9-4-5-16(8-9)12(20)15-6-10(17)14-7-11(18)19/h9H,4-8H2,1-3H3,(H,14,17)(H,15,20)(H,18,19). The molecule has 1 heterocycles. The van der Waals surface area contributed by atoms with Crippen LogP contribution in [0.25, 0.3) is 0 Å². The number of urea groups is 1. The van der Waals surface area contributed by atoms with Crippen molar-refractivity contribution in [1.82, 2.24) is 15.5 Å². The SMILES string of the molecule is CC(C)(C)C1CCN(C(=O)NCC(=O)NCC(=O)O)C1. The molecule has 1 rings (SSSR count). The van der Waals surface area contributed by atoms with Crippen molar-refractivity contribution >= 4 is 17.9 Å². The van der Waals surface area contributed by atoms with Crippen LogP contribution in [0.2, 0.25) is 0 Å². The normalized spacial score (nSPS) is 18.8. The van der Waals surface area contributed by atoms with Crippen molar-refractivity contribution in [3.8, 4) is 0 Å². The highest BCUT2D eigenvalue weighted by Crippen LogP contribution is 2.33. The van der Waals surface area contributed by atoms with Crippen LogP contribution in [0.4, 0.5) is 4.79 Å². The zero-order chi connectivity index (χ0) is 15.3. The van der Waals surface area contributed by atoms with Gasteiger partial charge >= 0.3 is 12.0 Å². The van der Waals surface area contributed by atoms with Gasteiger partial charge in [0.2, 0.25) is 5.91 Å². The molecule has 0 radical (unpaired) electrons. The topological polar surface area (TPSA) is 98.7 Å². The number of carbonyl (C=O) groups excluding carboxylic acids is 2. The van der Waals surface area contributed by atoms with E-state index in [4.69, 9.17) is 5.11 Å². The van der Waals surface area contributed by atoms with Crippen LogP contribution in [0.5, 0.6) is 0 Å². The third kappa shape index (κ3) is 5.07. The lowest BCUT2D eigenvalue weighted by Gasteiger charge is -2.26. The number of rotatable bonds is 4. The first-order valence-electron chi connectivity index (χ1n) is 6.71. The first-order chi connectivity index (χ1) is 9.20. The fourth-order valence-corrected chi connectivity index (χ4v) is 2.16. The van der Waals surface area contributed by atoms with Crippen molar-refractivity contribution in [3.05, 3.63) is 0 Å². The van der Waals surface area contributed by atoms with Gasteiger partial charge in [-0.15, -0.1) is 0 Å². The Morgan fingerprint density at radius 1 is 1.20 bits per heavy atom. The van der Waals surface area contributed by atoms with E-state index in [0.717, 1.165) is 6.42 Å². The molecule has 1 aliphatic rings. The van der Waals surface area contributed by atoms with E-state index in [2.05, 4.69) is 31.4 Å². The summed E-state index contributed by atoms with van der Waals surface area (Å²) in [4.78, 5) is 35.1. The average molecular weight is 285 g/mol. The minimum Gasteiger partial charge on any atom is -0.480 e. The highest BCUT2D eigenvalue weighted by molar-refractivity contribution is 5.86. The summed E-state index contributed by atoms with van der Waals surface area (Å²) in [6, 6.07) is -0.276. The molecular formula is C13H23N3O4. The molecule has 0 bridgehead atoms. The quantitative estimate of drug-likeness (QED) is 0.690. The van der Waals surface area contributed by atoms with Gasteiger partial charge in [0.1, 0.15) is 6.54 Å². The maximum atomic E-state index is 11.9. The van der Waals surface area contributed by atoms with E-state index in [1.165, 1.54) is 0 Å². The number of hydrogen-bond acceptors (Lipinski definition) is 3. The molecule has 0 spiro atoms. The molecule has 7 nitrogen and oxygen atoms in total. The van der Waals surface area contributed by atoms with Crippen LogP contribution in [0.1, 0.15) is 27.2 Å². The number of likely N-dealkylation sites (tertiary alicyclic amines) is 1. The van der Waals surface area contributed by atoms with Crippen LogP contribution in [0.15, 0.2) is 0 Å². The molecule has 1 aliphatic heterocycles. The number of nitrogens with one attached hydrogen (secondary N) is 2. The number of aliphatic carboxylic acids is 1. The maximum Gasteiger partial charge on any atom is 0.322 e. The lowest BCUT2D eigenvalue weighted by atomic mass is 9.80. The fraction of sp³-hybridized carbons (Fsp3) is 0.769. The smallest absolute Gasteiger partial charge is 0.322 e. The summed E-state index contributed by atoms with van der Waals surface area (Å²) in [6.45, 7) is 7.18. The summed E-state index contributed by atoms with van der Waals surface area (Å²) in [5, 5.41) is 13.1. The van der Waals surface area contributed by atoms with Crippen molar-refractivity contribution in [2.75, 3.05) is 26.2 Å². The van der Waals surface area contributed by atoms with Crippen molar-refractivity contribution in [2.24, 2.45) is 11.3 Å². The van der Waals surface area contributed by atoms with Crippen LogP contribution in [0, 0.1) is 11.3 Å². The molecule has 1 saturated heterocycles. The van der Waals surface area contributed by atoms with E-state index >= 15 is 0 Å². The lowest BCUT2D eigenvalue weighted by Crippen LogP contribution is -2.44. The summed E-state index contributed by atoms with van der Waals surface area (Å²) < 4.78 is 0. The van der Waals surface area contributed by atoms with Gasteiger partial charge in [0.15, 0.2) is 0 Å². The van der Waals surface area contributed by atoms with Crippen LogP contribution in [0.3, 0.4) is 0 Å². The van der Waals surface area contributed by atoms with Gasteiger partial charge in [-0.2, -0.15) is 0 Å². The Morgan fingerprint density at radius 3 is 2.35 bits per heavy atom. The summed E-state index contributed by atoms with van der Waals surface area (Å²) >= 11 is 0. The molecule has 7 heteroatoms. The molecule has 114 valence electrons. The number of nitrogens with zero attached hydrogens (tertiary/aromatic N) is 1. The largest absolute Gasteiger partial charge is 0.480 e. The molecule has 3 amide bonds. The number of hydrogen-bond donors (Lipinski definition) is 3. The number of carboxylic acids is 1. The minimum absolute atomic E-state index is 0.161. The van der Waals surface area contributed by atoms with E-state index in [9.17, 15) is 14.4 Å².